The first-order valence-corrected chi connectivity index (χ1v) is 17.3. The van der Waals surface area contributed by atoms with Crippen molar-refractivity contribution in [1.29, 1.82) is 0 Å². The molecule has 0 spiro atoms. The van der Waals surface area contributed by atoms with Crippen LogP contribution < -0.4 is 5.32 Å². The standard InChI is InChI=1S/C35H59NO7/c1-20(2)7-6-8-21(3)25-11-12-26-24-10-9-22-17-23(13-15-34(22,4)27(24)14-16-35(25,26)5)36-29(38)19-42-33-32(41)31(40)30(39)28(18-37)43-33/h9,20-21,23-28,30-33,37,39-41H,6-8,10-19H2,1-5H3,(H,36,38)/t21-,23-,24+,25-,26+,27+,28-,30-,31+,32-,33+,34+,35-/m1/s1. The van der Waals surface area contributed by atoms with Gasteiger partial charge >= 0.3 is 0 Å². The molecule has 1 aliphatic heterocycles. The number of hydrogen-bond acceptors (Lipinski definition) is 7. The fourth-order valence-corrected chi connectivity index (χ4v) is 10.4. The number of amides is 1. The topological polar surface area (TPSA) is 128 Å². The first-order chi connectivity index (χ1) is 20.4. The van der Waals surface area contributed by atoms with Crippen LogP contribution in [0.25, 0.3) is 0 Å². The zero-order valence-electron chi connectivity index (χ0n) is 27.2. The quantitative estimate of drug-likeness (QED) is 0.235. The number of ether oxygens (including phenoxy) is 2. The van der Waals surface area contributed by atoms with Crippen molar-refractivity contribution in [2.24, 2.45) is 46.3 Å². The van der Waals surface area contributed by atoms with Crippen LogP contribution in [-0.2, 0) is 14.3 Å². The minimum Gasteiger partial charge on any atom is -0.394 e. The van der Waals surface area contributed by atoms with Crippen LogP contribution in [0.4, 0.5) is 0 Å². The van der Waals surface area contributed by atoms with Gasteiger partial charge in [-0.15, -0.1) is 0 Å². The van der Waals surface area contributed by atoms with E-state index in [9.17, 15) is 25.2 Å². The summed E-state index contributed by atoms with van der Waals surface area (Å²) in [7, 11) is 0. The van der Waals surface area contributed by atoms with Gasteiger partial charge in [0.2, 0.25) is 5.91 Å². The Balaban J connectivity index is 1.16. The summed E-state index contributed by atoms with van der Waals surface area (Å²) in [5.41, 5.74) is 2.20. The summed E-state index contributed by atoms with van der Waals surface area (Å²) in [5.74, 6) is 4.51. The van der Waals surface area contributed by atoms with Gasteiger partial charge in [-0.05, 0) is 97.7 Å². The van der Waals surface area contributed by atoms with Gasteiger partial charge in [0.05, 0.1) is 6.61 Å². The molecule has 246 valence electrons. The maximum Gasteiger partial charge on any atom is 0.246 e. The molecule has 5 rings (SSSR count). The molecule has 4 aliphatic carbocycles. The summed E-state index contributed by atoms with van der Waals surface area (Å²) in [6, 6.07) is 0.0400. The molecule has 4 fully saturated rings. The molecule has 8 heteroatoms. The molecular weight excluding hydrogens is 546 g/mol. The number of allylic oxidation sites excluding steroid dienone is 1. The highest BCUT2D eigenvalue weighted by molar-refractivity contribution is 5.77. The van der Waals surface area contributed by atoms with Gasteiger partial charge in [0.1, 0.15) is 31.0 Å². The van der Waals surface area contributed by atoms with Gasteiger partial charge in [-0.3, -0.25) is 4.79 Å². The molecular formula is C35H59NO7. The minimum atomic E-state index is -1.53. The fraction of sp³-hybridized carbons (Fsp3) is 0.914. The predicted molar refractivity (Wildman–Crippen MR) is 165 cm³/mol. The zero-order chi connectivity index (χ0) is 31.1. The highest BCUT2D eigenvalue weighted by Crippen LogP contribution is 2.67. The van der Waals surface area contributed by atoms with E-state index in [1.165, 1.54) is 56.9 Å². The molecule has 1 amide bonds. The normalized spacial score (nSPS) is 45.1. The van der Waals surface area contributed by atoms with Crippen LogP contribution >= 0.6 is 0 Å². The van der Waals surface area contributed by atoms with Crippen LogP contribution in [0, 0.1) is 46.3 Å². The summed E-state index contributed by atoms with van der Waals surface area (Å²) in [4.78, 5) is 12.8. The van der Waals surface area contributed by atoms with E-state index >= 15 is 0 Å². The van der Waals surface area contributed by atoms with Gasteiger partial charge in [-0.2, -0.15) is 0 Å². The third kappa shape index (κ3) is 6.48. The molecule has 0 aromatic rings. The number of carbonyl (C=O) groups is 1. The predicted octanol–water partition coefficient (Wildman–Crippen LogP) is 4.33. The summed E-state index contributed by atoms with van der Waals surface area (Å²) >= 11 is 0. The number of rotatable bonds is 10. The Morgan fingerprint density at radius 2 is 1.79 bits per heavy atom. The van der Waals surface area contributed by atoms with Gasteiger partial charge in [0, 0.05) is 6.04 Å². The van der Waals surface area contributed by atoms with Crippen LogP contribution in [0.1, 0.15) is 105 Å². The van der Waals surface area contributed by atoms with E-state index in [0.717, 1.165) is 54.8 Å². The molecule has 0 aromatic heterocycles. The Hall–Kier alpha value is -1.03. The van der Waals surface area contributed by atoms with Gasteiger partial charge in [0.25, 0.3) is 0 Å². The van der Waals surface area contributed by atoms with Crippen molar-refractivity contribution in [1.82, 2.24) is 5.32 Å². The monoisotopic (exact) mass is 605 g/mol. The average Bonchev–Trinajstić information content (AvgIpc) is 3.33. The van der Waals surface area contributed by atoms with Crippen LogP contribution in [-0.4, -0.2) is 76.3 Å². The number of nitrogens with one attached hydrogen (secondary N) is 1. The van der Waals surface area contributed by atoms with E-state index in [4.69, 9.17) is 9.47 Å². The second-order valence-electron chi connectivity index (χ2n) is 15.8. The van der Waals surface area contributed by atoms with Crippen LogP contribution in [0.3, 0.4) is 0 Å². The first-order valence-electron chi connectivity index (χ1n) is 17.3. The van der Waals surface area contributed by atoms with Crippen LogP contribution in [0.15, 0.2) is 11.6 Å². The summed E-state index contributed by atoms with van der Waals surface area (Å²) in [6.07, 6.45) is 9.30. The van der Waals surface area contributed by atoms with E-state index in [-0.39, 0.29) is 24.0 Å². The highest BCUT2D eigenvalue weighted by Gasteiger charge is 2.59. The lowest BCUT2D eigenvalue weighted by Gasteiger charge is -2.58. The molecule has 8 nitrogen and oxygen atoms in total. The van der Waals surface area contributed by atoms with Gasteiger partial charge < -0.3 is 35.2 Å². The van der Waals surface area contributed by atoms with E-state index in [0.29, 0.717) is 5.41 Å². The van der Waals surface area contributed by atoms with Crippen molar-refractivity contribution in [3.05, 3.63) is 11.6 Å². The van der Waals surface area contributed by atoms with Crippen molar-refractivity contribution in [2.45, 2.75) is 142 Å². The lowest BCUT2D eigenvalue weighted by atomic mass is 9.47. The van der Waals surface area contributed by atoms with Crippen LogP contribution in [0.5, 0.6) is 0 Å². The van der Waals surface area contributed by atoms with Gasteiger partial charge in [0.15, 0.2) is 6.29 Å². The third-order valence-corrected chi connectivity index (χ3v) is 12.9. The smallest absolute Gasteiger partial charge is 0.246 e. The maximum absolute atomic E-state index is 12.8. The number of carbonyl (C=O) groups excluding carboxylic acids is 1. The third-order valence-electron chi connectivity index (χ3n) is 12.9. The molecule has 5 N–H and O–H groups in total. The van der Waals surface area contributed by atoms with Crippen molar-refractivity contribution in [3.63, 3.8) is 0 Å². The fourth-order valence-electron chi connectivity index (χ4n) is 10.4. The van der Waals surface area contributed by atoms with E-state index in [1.54, 1.807) is 0 Å². The van der Waals surface area contributed by atoms with Crippen molar-refractivity contribution < 1.29 is 34.7 Å². The first kappa shape index (κ1) is 33.3. The largest absolute Gasteiger partial charge is 0.394 e. The SMILES string of the molecule is CC(C)CCC[C@@H](C)[C@H]1CC[C@H]2[C@@H]3CC=C4C[C@H](NC(=O)CO[C@H]5O[C@H](CO)[C@@H](O)[C@H](O)[C@H]5O)CC[C@]4(C)[C@H]3CC[C@]12C. The Labute approximate surface area is 259 Å². The zero-order valence-corrected chi connectivity index (χ0v) is 27.2. The van der Waals surface area contributed by atoms with Crippen LogP contribution in [0.2, 0.25) is 0 Å². The molecule has 1 heterocycles. The molecule has 3 saturated carbocycles. The average molecular weight is 606 g/mol. The molecule has 0 bridgehead atoms. The van der Waals surface area contributed by atoms with Gasteiger partial charge in [-0.1, -0.05) is 65.5 Å². The Kier molecular flexibility index (Phi) is 10.4. The lowest BCUT2D eigenvalue weighted by Crippen LogP contribution is -2.59. The second-order valence-corrected chi connectivity index (χ2v) is 15.8. The molecule has 1 saturated heterocycles. The van der Waals surface area contributed by atoms with Crippen molar-refractivity contribution in [3.8, 4) is 0 Å². The lowest BCUT2D eigenvalue weighted by molar-refractivity contribution is -0.299. The molecule has 43 heavy (non-hydrogen) atoms. The Morgan fingerprint density at radius 1 is 1.02 bits per heavy atom. The highest BCUT2D eigenvalue weighted by atomic mass is 16.7. The minimum absolute atomic E-state index is 0.0400. The molecule has 0 radical (unpaired) electrons. The molecule has 5 aliphatic rings. The molecule has 0 aromatic carbocycles. The Bertz CT molecular complexity index is 1000. The molecule has 13 atom stereocenters. The van der Waals surface area contributed by atoms with E-state index in [1.807, 2.05) is 0 Å². The number of hydrogen-bond donors (Lipinski definition) is 5. The van der Waals surface area contributed by atoms with E-state index < -0.39 is 37.3 Å². The van der Waals surface area contributed by atoms with E-state index in [2.05, 4.69) is 46.0 Å². The van der Waals surface area contributed by atoms with Crippen molar-refractivity contribution >= 4 is 5.91 Å². The summed E-state index contributed by atoms with van der Waals surface area (Å²) in [6.45, 7) is 11.5. The van der Waals surface area contributed by atoms with Gasteiger partial charge in [-0.25, -0.2) is 0 Å². The molecule has 0 unspecified atom stereocenters. The second kappa shape index (κ2) is 13.4. The number of fused-ring (bicyclic) bond motifs is 5. The summed E-state index contributed by atoms with van der Waals surface area (Å²) in [5, 5.41) is 42.6. The maximum atomic E-state index is 12.8. The number of aliphatic hydroxyl groups excluding tert-OH is 4. The van der Waals surface area contributed by atoms with Crippen molar-refractivity contribution in [2.75, 3.05) is 13.2 Å². The summed E-state index contributed by atoms with van der Waals surface area (Å²) < 4.78 is 10.8. The Morgan fingerprint density at radius 3 is 2.51 bits per heavy atom. The number of aliphatic hydroxyl groups is 4.